The summed E-state index contributed by atoms with van der Waals surface area (Å²) < 4.78 is 4.27. The minimum absolute atomic E-state index is 0.300. The lowest BCUT2D eigenvalue weighted by atomic mass is 10.2. The Bertz CT molecular complexity index is 1390. The van der Waals surface area contributed by atoms with Crippen LogP contribution < -0.4 is 16.1 Å². The molecule has 9 heteroatoms. The summed E-state index contributed by atoms with van der Waals surface area (Å²) in [5.41, 5.74) is 1.71. The van der Waals surface area contributed by atoms with Crippen LogP contribution in [0.2, 0.25) is 10.0 Å². The zero-order chi connectivity index (χ0) is 22.3. The molecule has 160 valence electrons. The number of benzene rings is 2. The summed E-state index contributed by atoms with van der Waals surface area (Å²) in [6, 6.07) is 15.2. The Morgan fingerprint density at radius 3 is 2.39 bits per heavy atom. The first-order valence-electron chi connectivity index (χ1n) is 9.63. The summed E-state index contributed by atoms with van der Waals surface area (Å²) in [5, 5.41) is 1.02. The van der Waals surface area contributed by atoms with Crippen LogP contribution in [-0.2, 0) is 27.2 Å². The standard InChI is InChI=1S/C22H21Cl2N5O2/c1-26(12-14-7-5-4-6-8-14)21-25-19-18(20(30)28(3)22(31)27(19)2)29(21)13-15-9-10-16(23)11-17(15)24/h4-11H,12-13H2,1-3H3. The van der Waals surface area contributed by atoms with Crippen LogP contribution in [-0.4, -0.2) is 25.7 Å². The topological polar surface area (TPSA) is 65.1 Å². The molecular weight excluding hydrogens is 437 g/mol. The zero-order valence-electron chi connectivity index (χ0n) is 17.3. The van der Waals surface area contributed by atoms with E-state index in [0.717, 1.165) is 15.7 Å². The predicted octanol–water partition coefficient (Wildman–Crippen LogP) is 3.43. The average molecular weight is 458 g/mol. The van der Waals surface area contributed by atoms with Gasteiger partial charge in [0.1, 0.15) is 0 Å². The molecule has 0 aliphatic heterocycles. The molecule has 0 saturated carbocycles. The number of fused-ring (bicyclic) bond motifs is 1. The van der Waals surface area contributed by atoms with Gasteiger partial charge < -0.3 is 4.90 Å². The molecule has 0 unspecified atom stereocenters. The van der Waals surface area contributed by atoms with Gasteiger partial charge in [-0.05, 0) is 23.3 Å². The number of anilines is 1. The molecule has 0 fully saturated rings. The van der Waals surface area contributed by atoms with Crippen LogP contribution in [0.4, 0.5) is 5.95 Å². The lowest BCUT2D eigenvalue weighted by molar-refractivity contribution is 0.701. The molecule has 0 amide bonds. The maximum absolute atomic E-state index is 13.1. The van der Waals surface area contributed by atoms with Crippen LogP contribution in [0.15, 0.2) is 58.1 Å². The first-order valence-corrected chi connectivity index (χ1v) is 10.4. The van der Waals surface area contributed by atoms with Crippen molar-refractivity contribution in [2.24, 2.45) is 14.1 Å². The molecule has 0 radical (unpaired) electrons. The van der Waals surface area contributed by atoms with Crippen molar-refractivity contribution in [2.45, 2.75) is 13.1 Å². The van der Waals surface area contributed by atoms with Crippen LogP contribution in [0.5, 0.6) is 0 Å². The van der Waals surface area contributed by atoms with Crippen LogP contribution in [0, 0.1) is 0 Å². The normalized spacial score (nSPS) is 11.3. The van der Waals surface area contributed by atoms with Gasteiger partial charge in [0.05, 0.1) is 6.54 Å². The second-order valence-electron chi connectivity index (χ2n) is 7.45. The van der Waals surface area contributed by atoms with Crippen molar-refractivity contribution >= 4 is 40.3 Å². The maximum Gasteiger partial charge on any atom is 0.332 e. The molecule has 4 rings (SSSR count). The number of hydrogen-bond donors (Lipinski definition) is 0. The fourth-order valence-electron chi connectivity index (χ4n) is 3.62. The molecule has 0 N–H and O–H groups in total. The Morgan fingerprint density at radius 1 is 1.00 bits per heavy atom. The molecule has 0 atom stereocenters. The molecule has 2 heterocycles. The van der Waals surface area contributed by atoms with E-state index in [1.54, 1.807) is 23.7 Å². The lowest BCUT2D eigenvalue weighted by Crippen LogP contribution is -2.37. The quantitative estimate of drug-likeness (QED) is 0.460. The van der Waals surface area contributed by atoms with E-state index in [0.29, 0.717) is 40.2 Å². The van der Waals surface area contributed by atoms with Crippen molar-refractivity contribution in [1.82, 2.24) is 18.7 Å². The van der Waals surface area contributed by atoms with Crippen LogP contribution in [0.1, 0.15) is 11.1 Å². The molecule has 2 aromatic heterocycles. The Labute approximate surface area is 188 Å². The number of aromatic nitrogens is 4. The summed E-state index contributed by atoms with van der Waals surface area (Å²) in [4.78, 5) is 32.2. The van der Waals surface area contributed by atoms with Gasteiger partial charge in [-0.1, -0.05) is 59.6 Å². The minimum Gasteiger partial charge on any atom is -0.341 e. The van der Waals surface area contributed by atoms with Gasteiger partial charge >= 0.3 is 5.69 Å². The first kappa shape index (κ1) is 21.2. The van der Waals surface area contributed by atoms with E-state index in [2.05, 4.69) is 4.98 Å². The van der Waals surface area contributed by atoms with Gasteiger partial charge in [-0.3, -0.25) is 18.5 Å². The Hall–Kier alpha value is -3.03. The Balaban J connectivity index is 1.93. The molecule has 2 aromatic carbocycles. The van der Waals surface area contributed by atoms with E-state index in [9.17, 15) is 9.59 Å². The second kappa shape index (κ2) is 8.24. The largest absolute Gasteiger partial charge is 0.341 e. The summed E-state index contributed by atoms with van der Waals surface area (Å²) in [7, 11) is 4.97. The fourth-order valence-corrected chi connectivity index (χ4v) is 4.09. The van der Waals surface area contributed by atoms with Crippen molar-refractivity contribution in [3.63, 3.8) is 0 Å². The van der Waals surface area contributed by atoms with Crippen LogP contribution in [0.25, 0.3) is 11.2 Å². The molecule has 31 heavy (non-hydrogen) atoms. The summed E-state index contributed by atoms with van der Waals surface area (Å²) in [5.74, 6) is 0.558. The predicted molar refractivity (Wildman–Crippen MR) is 124 cm³/mol. The highest BCUT2D eigenvalue weighted by Crippen LogP contribution is 2.26. The van der Waals surface area contributed by atoms with Gasteiger partial charge in [0.15, 0.2) is 11.2 Å². The molecule has 0 saturated heterocycles. The molecule has 0 bridgehead atoms. The second-order valence-corrected chi connectivity index (χ2v) is 8.30. The molecule has 0 spiro atoms. The summed E-state index contributed by atoms with van der Waals surface area (Å²) in [6.07, 6.45) is 0. The molecular formula is C22H21Cl2N5O2. The smallest absolute Gasteiger partial charge is 0.332 e. The lowest BCUT2D eigenvalue weighted by Gasteiger charge is -2.20. The highest BCUT2D eigenvalue weighted by Gasteiger charge is 2.22. The molecule has 4 aromatic rings. The van der Waals surface area contributed by atoms with Gasteiger partial charge in [0, 0.05) is 37.7 Å². The minimum atomic E-state index is -0.427. The third-order valence-corrected chi connectivity index (χ3v) is 5.86. The third kappa shape index (κ3) is 3.86. The number of nitrogens with zero attached hydrogens (tertiary/aromatic N) is 5. The van der Waals surface area contributed by atoms with Crippen molar-refractivity contribution in [3.05, 3.63) is 90.5 Å². The average Bonchev–Trinajstić information content (AvgIpc) is 3.13. The van der Waals surface area contributed by atoms with E-state index in [4.69, 9.17) is 23.2 Å². The van der Waals surface area contributed by atoms with Gasteiger partial charge in [-0.15, -0.1) is 0 Å². The molecule has 0 aliphatic carbocycles. The summed E-state index contributed by atoms with van der Waals surface area (Å²) in [6.45, 7) is 0.876. The van der Waals surface area contributed by atoms with Gasteiger partial charge in [0.25, 0.3) is 5.56 Å². The highest BCUT2D eigenvalue weighted by atomic mass is 35.5. The highest BCUT2D eigenvalue weighted by molar-refractivity contribution is 6.35. The number of halogens is 2. The first-order chi connectivity index (χ1) is 14.8. The zero-order valence-corrected chi connectivity index (χ0v) is 18.9. The van der Waals surface area contributed by atoms with Gasteiger partial charge in [0.2, 0.25) is 5.95 Å². The number of rotatable bonds is 5. The van der Waals surface area contributed by atoms with E-state index in [-0.39, 0.29) is 0 Å². The maximum atomic E-state index is 13.1. The third-order valence-electron chi connectivity index (χ3n) is 5.28. The Morgan fingerprint density at radius 2 is 1.71 bits per heavy atom. The number of hydrogen-bond acceptors (Lipinski definition) is 4. The van der Waals surface area contributed by atoms with Crippen molar-refractivity contribution in [2.75, 3.05) is 11.9 Å². The van der Waals surface area contributed by atoms with E-state index in [1.165, 1.54) is 11.6 Å². The van der Waals surface area contributed by atoms with Crippen molar-refractivity contribution in [1.29, 1.82) is 0 Å². The SMILES string of the molecule is CN(Cc1ccccc1)c1nc2c(c(=O)n(C)c(=O)n2C)n1Cc1ccc(Cl)cc1Cl. The van der Waals surface area contributed by atoms with E-state index >= 15 is 0 Å². The van der Waals surface area contributed by atoms with E-state index < -0.39 is 11.2 Å². The van der Waals surface area contributed by atoms with Gasteiger partial charge in [-0.25, -0.2) is 4.79 Å². The summed E-state index contributed by atoms with van der Waals surface area (Å²) >= 11 is 12.5. The van der Waals surface area contributed by atoms with Crippen LogP contribution in [0.3, 0.4) is 0 Å². The number of imidazole rings is 1. The molecule has 0 aliphatic rings. The Kier molecular flexibility index (Phi) is 5.64. The van der Waals surface area contributed by atoms with Gasteiger partial charge in [-0.2, -0.15) is 4.98 Å². The fraction of sp³-hybridized carbons (Fsp3) is 0.227. The number of aryl methyl sites for hydroxylation is 1. The van der Waals surface area contributed by atoms with Crippen molar-refractivity contribution in [3.8, 4) is 0 Å². The van der Waals surface area contributed by atoms with E-state index in [1.807, 2.05) is 48.3 Å². The monoisotopic (exact) mass is 457 g/mol. The molecule has 7 nitrogen and oxygen atoms in total. The van der Waals surface area contributed by atoms with Crippen molar-refractivity contribution < 1.29 is 0 Å². The van der Waals surface area contributed by atoms with Crippen LogP contribution >= 0.6 is 23.2 Å².